The molecule has 0 N–H and O–H groups in total. The average Bonchev–Trinajstić information content (AvgIpc) is 3.00. The van der Waals surface area contributed by atoms with Crippen molar-refractivity contribution in [3.63, 3.8) is 0 Å². The molecule has 1 aromatic heterocycles. The van der Waals surface area contributed by atoms with Crippen molar-refractivity contribution in [1.82, 2.24) is 4.98 Å². The van der Waals surface area contributed by atoms with E-state index in [1.165, 1.54) is 12.3 Å². The summed E-state index contributed by atoms with van der Waals surface area (Å²) in [5.41, 5.74) is 2.34. The summed E-state index contributed by atoms with van der Waals surface area (Å²) in [6, 6.07) is 17.4. The van der Waals surface area contributed by atoms with Crippen molar-refractivity contribution >= 4 is 17.5 Å². The molecule has 2 aromatic carbocycles. The van der Waals surface area contributed by atoms with Gasteiger partial charge in [-0.1, -0.05) is 48.9 Å². The molecule has 0 spiro atoms. The van der Waals surface area contributed by atoms with Crippen LogP contribution in [0.25, 0.3) is 0 Å². The number of hydrogen-bond acceptors (Lipinski definition) is 2. The number of alkyl halides is 3. The van der Waals surface area contributed by atoms with E-state index in [2.05, 4.69) is 4.98 Å². The SMILES string of the molecule is CC(C[N+]1(Cc2ccc(C(F)(F)F)nc2)Cc2ccccc2C1=O)c1ccc(Cl)cc1. The van der Waals surface area contributed by atoms with E-state index in [0.29, 0.717) is 29.2 Å². The van der Waals surface area contributed by atoms with Crippen LogP contribution in [-0.2, 0) is 19.3 Å². The number of hydrogen-bond donors (Lipinski definition) is 0. The predicted molar refractivity (Wildman–Crippen MR) is 112 cm³/mol. The Labute approximate surface area is 183 Å². The minimum Gasteiger partial charge on any atom is -0.251 e. The number of aromatic nitrogens is 1. The lowest BCUT2D eigenvalue weighted by molar-refractivity contribution is -0.873. The summed E-state index contributed by atoms with van der Waals surface area (Å²) >= 11 is 6.01. The zero-order valence-corrected chi connectivity index (χ0v) is 17.6. The number of carbonyl (C=O) groups excluding carboxylic acids is 1. The number of pyridine rings is 1. The van der Waals surface area contributed by atoms with Gasteiger partial charge in [0.25, 0.3) is 0 Å². The molecule has 1 amide bonds. The van der Waals surface area contributed by atoms with E-state index in [1.54, 1.807) is 0 Å². The molecule has 0 saturated heterocycles. The van der Waals surface area contributed by atoms with E-state index < -0.39 is 11.9 Å². The van der Waals surface area contributed by atoms with Crippen LogP contribution >= 0.6 is 11.6 Å². The summed E-state index contributed by atoms with van der Waals surface area (Å²) in [6.45, 7) is 3.32. The number of carbonyl (C=O) groups is 1. The van der Waals surface area contributed by atoms with Gasteiger partial charge in [0.15, 0.2) is 0 Å². The molecule has 0 saturated carbocycles. The number of benzene rings is 2. The second kappa shape index (κ2) is 8.09. The van der Waals surface area contributed by atoms with Gasteiger partial charge in [0.1, 0.15) is 18.8 Å². The molecule has 2 unspecified atom stereocenters. The van der Waals surface area contributed by atoms with Crippen molar-refractivity contribution in [3.8, 4) is 0 Å². The molecule has 4 rings (SSSR count). The molecule has 3 aromatic rings. The van der Waals surface area contributed by atoms with Gasteiger partial charge < -0.3 is 0 Å². The highest BCUT2D eigenvalue weighted by molar-refractivity contribution is 6.30. The van der Waals surface area contributed by atoms with Crippen LogP contribution in [0.5, 0.6) is 0 Å². The standard InChI is InChI=1S/C24H21ClF3N2O/c1-16(18-7-9-20(25)10-8-18)13-30(15-19-4-2-3-5-21(19)23(30)31)14-17-6-11-22(29-12-17)24(26,27)28/h2-12,16H,13-15H2,1H3/q+1. The monoisotopic (exact) mass is 445 g/mol. The smallest absolute Gasteiger partial charge is 0.251 e. The molecule has 7 heteroatoms. The van der Waals surface area contributed by atoms with Crippen molar-refractivity contribution in [2.75, 3.05) is 6.54 Å². The Balaban J connectivity index is 1.67. The largest absolute Gasteiger partial charge is 0.433 e. The number of rotatable bonds is 5. The van der Waals surface area contributed by atoms with Crippen LogP contribution in [0.1, 0.15) is 45.6 Å². The van der Waals surface area contributed by atoms with E-state index in [4.69, 9.17) is 11.6 Å². The highest BCUT2D eigenvalue weighted by Gasteiger charge is 2.46. The summed E-state index contributed by atoms with van der Waals surface area (Å²) in [5, 5.41) is 0.639. The van der Waals surface area contributed by atoms with E-state index in [-0.39, 0.29) is 22.9 Å². The van der Waals surface area contributed by atoms with Gasteiger partial charge in [0.2, 0.25) is 0 Å². The van der Waals surface area contributed by atoms with Crippen LogP contribution in [-0.4, -0.2) is 21.9 Å². The first kappa shape index (κ1) is 21.5. The Morgan fingerprint density at radius 2 is 1.77 bits per heavy atom. The lowest BCUT2D eigenvalue weighted by Crippen LogP contribution is -2.49. The van der Waals surface area contributed by atoms with Crippen LogP contribution in [0.2, 0.25) is 5.02 Å². The molecule has 0 radical (unpaired) electrons. The quantitative estimate of drug-likeness (QED) is 0.436. The van der Waals surface area contributed by atoms with Gasteiger partial charge in [0.05, 0.1) is 12.1 Å². The first-order valence-electron chi connectivity index (χ1n) is 9.94. The molecule has 0 bridgehead atoms. The molecule has 0 fully saturated rings. The fourth-order valence-electron chi connectivity index (χ4n) is 4.32. The Hall–Kier alpha value is -2.70. The number of amides is 1. The zero-order valence-electron chi connectivity index (χ0n) is 16.9. The molecular formula is C24H21ClF3N2O+. The van der Waals surface area contributed by atoms with E-state index >= 15 is 0 Å². The Bertz CT molecular complexity index is 1100. The van der Waals surface area contributed by atoms with E-state index in [1.807, 2.05) is 55.5 Å². The van der Waals surface area contributed by atoms with Gasteiger partial charge in [-0.15, -0.1) is 0 Å². The molecule has 31 heavy (non-hydrogen) atoms. The molecule has 1 aliphatic heterocycles. The second-order valence-electron chi connectivity index (χ2n) is 8.11. The normalized spacial score (nSPS) is 19.3. The molecule has 0 aliphatic carbocycles. The topological polar surface area (TPSA) is 30.0 Å². The van der Waals surface area contributed by atoms with Crippen LogP contribution in [0.4, 0.5) is 13.2 Å². The van der Waals surface area contributed by atoms with Crippen LogP contribution in [0, 0.1) is 0 Å². The number of quaternary nitrogens is 1. The van der Waals surface area contributed by atoms with Gasteiger partial charge >= 0.3 is 12.1 Å². The van der Waals surface area contributed by atoms with Gasteiger partial charge in [-0.05, 0) is 35.9 Å². The molecular weight excluding hydrogens is 425 g/mol. The number of halogens is 4. The van der Waals surface area contributed by atoms with E-state index in [9.17, 15) is 18.0 Å². The van der Waals surface area contributed by atoms with Crippen molar-refractivity contribution in [2.24, 2.45) is 0 Å². The Kier molecular flexibility index (Phi) is 5.62. The van der Waals surface area contributed by atoms with Gasteiger partial charge in [0, 0.05) is 28.3 Å². The minimum absolute atomic E-state index is 0.0173. The van der Waals surface area contributed by atoms with Crippen molar-refractivity contribution in [3.05, 3.63) is 99.8 Å². The predicted octanol–water partition coefficient (Wildman–Crippen LogP) is 6.23. The molecule has 160 valence electrons. The van der Waals surface area contributed by atoms with Gasteiger partial charge in [-0.25, -0.2) is 9.28 Å². The van der Waals surface area contributed by atoms with Crippen LogP contribution < -0.4 is 0 Å². The average molecular weight is 446 g/mol. The summed E-state index contributed by atoms with van der Waals surface area (Å²) < 4.78 is 38.8. The fourth-order valence-corrected chi connectivity index (χ4v) is 4.44. The molecule has 1 aliphatic rings. The fraction of sp³-hybridized carbons (Fsp3) is 0.250. The third-order valence-electron chi connectivity index (χ3n) is 5.81. The minimum atomic E-state index is -4.49. The number of fused-ring (bicyclic) bond motifs is 1. The first-order valence-corrected chi connectivity index (χ1v) is 10.3. The summed E-state index contributed by atoms with van der Waals surface area (Å²) in [4.78, 5) is 17.1. The zero-order chi connectivity index (χ0) is 22.2. The summed E-state index contributed by atoms with van der Waals surface area (Å²) in [5.74, 6) is 0.0225. The van der Waals surface area contributed by atoms with E-state index in [0.717, 1.165) is 17.2 Å². The lowest BCUT2D eigenvalue weighted by atomic mass is 9.99. The maximum atomic E-state index is 13.5. The highest BCUT2D eigenvalue weighted by Crippen LogP contribution is 2.36. The molecule has 3 nitrogen and oxygen atoms in total. The third kappa shape index (κ3) is 4.36. The van der Waals surface area contributed by atoms with Crippen molar-refractivity contribution < 1.29 is 22.4 Å². The van der Waals surface area contributed by atoms with Crippen molar-refractivity contribution in [1.29, 1.82) is 0 Å². The number of nitrogens with zero attached hydrogens (tertiary/aromatic N) is 2. The molecule has 2 heterocycles. The second-order valence-corrected chi connectivity index (χ2v) is 8.54. The van der Waals surface area contributed by atoms with Gasteiger partial charge in [-0.3, -0.25) is 4.98 Å². The first-order chi connectivity index (χ1) is 14.7. The Morgan fingerprint density at radius 3 is 2.39 bits per heavy atom. The maximum Gasteiger partial charge on any atom is 0.433 e. The maximum absolute atomic E-state index is 13.5. The molecule has 2 atom stereocenters. The highest BCUT2D eigenvalue weighted by atomic mass is 35.5. The van der Waals surface area contributed by atoms with Crippen molar-refractivity contribution in [2.45, 2.75) is 32.1 Å². The summed E-state index contributed by atoms with van der Waals surface area (Å²) in [6.07, 6.45) is -3.26. The Morgan fingerprint density at radius 1 is 1.06 bits per heavy atom. The lowest BCUT2D eigenvalue weighted by Gasteiger charge is -2.34. The third-order valence-corrected chi connectivity index (χ3v) is 6.07. The van der Waals surface area contributed by atoms with Crippen LogP contribution in [0.3, 0.4) is 0 Å². The van der Waals surface area contributed by atoms with Gasteiger partial charge in [-0.2, -0.15) is 13.2 Å². The summed E-state index contributed by atoms with van der Waals surface area (Å²) in [7, 11) is 0. The van der Waals surface area contributed by atoms with Crippen LogP contribution in [0.15, 0.2) is 66.9 Å².